The van der Waals surface area contributed by atoms with Gasteiger partial charge in [-0.05, 0) is 17.9 Å². The second-order valence-electron chi connectivity index (χ2n) is 3.64. The highest BCUT2D eigenvalue weighted by molar-refractivity contribution is 7.99. The molecule has 4 heteroatoms. The molecule has 96 valence electrons. The second kappa shape index (κ2) is 8.62. The number of carbonyl (C=O) groups is 1. The van der Waals surface area contributed by atoms with Gasteiger partial charge in [0.1, 0.15) is 0 Å². The maximum atomic E-state index is 11.4. The van der Waals surface area contributed by atoms with E-state index >= 15 is 0 Å². The maximum absolute atomic E-state index is 11.4. The van der Waals surface area contributed by atoms with Crippen molar-refractivity contribution in [3.8, 4) is 11.8 Å². The van der Waals surface area contributed by atoms with Gasteiger partial charge in [-0.1, -0.05) is 30.0 Å². The molecule has 0 aliphatic carbocycles. The lowest BCUT2D eigenvalue weighted by Gasteiger charge is -2.06. The zero-order valence-corrected chi connectivity index (χ0v) is 11.2. The largest absolute Gasteiger partial charge is 0.395 e. The molecule has 0 saturated carbocycles. The summed E-state index contributed by atoms with van der Waals surface area (Å²) in [5.41, 5.74) is 1.90. The molecule has 0 fully saturated rings. The van der Waals surface area contributed by atoms with Crippen molar-refractivity contribution in [2.75, 3.05) is 18.6 Å². The molecule has 3 nitrogen and oxygen atoms in total. The number of thioether (sulfide) groups is 1. The fourth-order valence-corrected chi connectivity index (χ4v) is 1.75. The van der Waals surface area contributed by atoms with E-state index in [0.29, 0.717) is 18.7 Å². The highest BCUT2D eigenvalue weighted by Crippen LogP contribution is 2.07. The number of hydrogen-bond acceptors (Lipinski definition) is 3. The third kappa shape index (κ3) is 5.26. The minimum Gasteiger partial charge on any atom is -0.395 e. The summed E-state index contributed by atoms with van der Waals surface area (Å²) >= 11 is 1.50. The summed E-state index contributed by atoms with van der Waals surface area (Å²) in [7, 11) is 0. The smallest absolute Gasteiger partial charge is 0.230 e. The minimum atomic E-state index is 0.0284. The predicted molar refractivity (Wildman–Crippen MR) is 75.3 cm³/mol. The van der Waals surface area contributed by atoms with Crippen LogP contribution in [0.3, 0.4) is 0 Å². The molecule has 0 aromatic heterocycles. The Labute approximate surface area is 112 Å². The Morgan fingerprint density at radius 1 is 1.44 bits per heavy atom. The van der Waals surface area contributed by atoms with Gasteiger partial charge in [-0.25, -0.2) is 0 Å². The molecule has 0 atom stereocenters. The second-order valence-corrected chi connectivity index (χ2v) is 4.51. The zero-order chi connectivity index (χ0) is 13.2. The Kier molecular flexibility index (Phi) is 7.00. The summed E-state index contributed by atoms with van der Waals surface area (Å²) in [5.74, 6) is 6.39. The average molecular weight is 263 g/mol. The summed E-state index contributed by atoms with van der Waals surface area (Å²) in [4.78, 5) is 11.4. The predicted octanol–water partition coefficient (Wildman–Crippen LogP) is 1.40. The van der Waals surface area contributed by atoms with E-state index in [1.807, 2.05) is 30.5 Å². The topological polar surface area (TPSA) is 49.3 Å². The van der Waals surface area contributed by atoms with E-state index in [2.05, 4.69) is 17.2 Å². The Balaban J connectivity index is 2.65. The molecule has 0 heterocycles. The fourth-order valence-electron chi connectivity index (χ4n) is 1.39. The molecular formula is C14H17NO2S. The van der Waals surface area contributed by atoms with Crippen LogP contribution in [0.2, 0.25) is 0 Å². The highest BCUT2D eigenvalue weighted by atomic mass is 32.2. The molecule has 0 saturated heterocycles. The molecule has 0 aliphatic heterocycles. The van der Waals surface area contributed by atoms with Gasteiger partial charge in [0.2, 0.25) is 5.91 Å². The molecule has 1 rings (SSSR count). The minimum absolute atomic E-state index is 0.0284. The van der Waals surface area contributed by atoms with E-state index in [9.17, 15) is 4.79 Å². The van der Waals surface area contributed by atoms with E-state index in [-0.39, 0.29) is 12.5 Å². The van der Waals surface area contributed by atoms with Gasteiger partial charge in [0.05, 0.1) is 12.4 Å². The molecule has 0 unspecified atom stereocenters. The molecule has 2 N–H and O–H groups in total. The zero-order valence-electron chi connectivity index (χ0n) is 10.4. The summed E-state index contributed by atoms with van der Waals surface area (Å²) in [6, 6.07) is 7.70. The van der Waals surface area contributed by atoms with Crippen molar-refractivity contribution in [3.63, 3.8) is 0 Å². The summed E-state index contributed by atoms with van der Waals surface area (Å²) in [5, 5.41) is 11.5. The summed E-state index contributed by atoms with van der Waals surface area (Å²) < 4.78 is 0. The third-order valence-electron chi connectivity index (χ3n) is 2.23. The Morgan fingerprint density at radius 2 is 2.22 bits per heavy atom. The van der Waals surface area contributed by atoms with Crippen molar-refractivity contribution in [2.45, 2.75) is 13.0 Å². The number of rotatable bonds is 5. The molecule has 1 aromatic carbocycles. The van der Waals surface area contributed by atoms with E-state index in [1.54, 1.807) is 0 Å². The van der Waals surface area contributed by atoms with Crippen LogP contribution < -0.4 is 5.32 Å². The number of aliphatic hydroxyl groups excluding tert-OH is 1. The van der Waals surface area contributed by atoms with Crippen molar-refractivity contribution in [1.29, 1.82) is 0 Å². The lowest BCUT2D eigenvalue weighted by molar-refractivity contribution is -0.118. The Bertz CT molecular complexity index is 449. The van der Waals surface area contributed by atoms with Crippen LogP contribution in [0.1, 0.15) is 17.5 Å². The molecule has 0 bridgehead atoms. The van der Waals surface area contributed by atoms with Crippen molar-refractivity contribution in [1.82, 2.24) is 5.32 Å². The average Bonchev–Trinajstić information content (AvgIpc) is 2.38. The normalized spacial score (nSPS) is 9.44. The van der Waals surface area contributed by atoms with Gasteiger partial charge in [0.15, 0.2) is 0 Å². The molecule has 0 aliphatic rings. The first kappa shape index (κ1) is 14.6. The van der Waals surface area contributed by atoms with Gasteiger partial charge >= 0.3 is 0 Å². The van der Waals surface area contributed by atoms with E-state index < -0.39 is 0 Å². The molecule has 0 spiro atoms. The number of amides is 1. The molecule has 0 radical (unpaired) electrons. The lowest BCUT2D eigenvalue weighted by atomic mass is 10.1. The van der Waals surface area contributed by atoms with E-state index in [1.165, 1.54) is 11.8 Å². The monoisotopic (exact) mass is 263 g/mol. The number of benzene rings is 1. The molecular weight excluding hydrogens is 246 g/mol. The van der Waals surface area contributed by atoms with Crippen molar-refractivity contribution >= 4 is 17.7 Å². The van der Waals surface area contributed by atoms with Crippen LogP contribution in [-0.4, -0.2) is 29.6 Å². The van der Waals surface area contributed by atoms with Gasteiger partial charge in [0, 0.05) is 18.5 Å². The standard InChI is InChI=1S/C14H17NO2S/c1-18-11-14(17)15-10-13-8-3-2-6-12(13)7-4-5-9-16/h2-3,6,8,16H,5,9-11H2,1H3,(H,15,17). The summed E-state index contributed by atoms with van der Waals surface area (Å²) in [6.45, 7) is 0.559. The number of aliphatic hydroxyl groups is 1. The first-order valence-corrected chi connectivity index (χ1v) is 7.10. The Morgan fingerprint density at radius 3 is 2.94 bits per heavy atom. The van der Waals surface area contributed by atoms with Gasteiger partial charge in [0.25, 0.3) is 0 Å². The lowest BCUT2D eigenvalue weighted by Crippen LogP contribution is -2.24. The molecule has 1 aromatic rings. The van der Waals surface area contributed by atoms with Crippen molar-refractivity contribution in [2.24, 2.45) is 0 Å². The molecule has 18 heavy (non-hydrogen) atoms. The maximum Gasteiger partial charge on any atom is 0.230 e. The van der Waals surface area contributed by atoms with Crippen LogP contribution in [0, 0.1) is 11.8 Å². The SMILES string of the molecule is CSCC(=O)NCc1ccccc1C#CCCO. The van der Waals surface area contributed by atoms with Crippen LogP contribution in [0.4, 0.5) is 0 Å². The third-order valence-corrected chi connectivity index (χ3v) is 2.78. The van der Waals surface area contributed by atoms with Gasteiger partial charge in [-0.15, -0.1) is 0 Å². The van der Waals surface area contributed by atoms with Crippen LogP contribution in [0.25, 0.3) is 0 Å². The highest BCUT2D eigenvalue weighted by Gasteiger charge is 2.02. The van der Waals surface area contributed by atoms with E-state index in [4.69, 9.17) is 5.11 Å². The summed E-state index contributed by atoms with van der Waals surface area (Å²) in [6.07, 6.45) is 2.36. The first-order valence-electron chi connectivity index (χ1n) is 5.71. The van der Waals surface area contributed by atoms with Crippen molar-refractivity contribution in [3.05, 3.63) is 35.4 Å². The van der Waals surface area contributed by atoms with Crippen molar-refractivity contribution < 1.29 is 9.90 Å². The number of hydrogen-bond donors (Lipinski definition) is 2. The van der Waals surface area contributed by atoms with Crippen LogP contribution >= 0.6 is 11.8 Å². The van der Waals surface area contributed by atoms with E-state index in [0.717, 1.165) is 11.1 Å². The van der Waals surface area contributed by atoms with Gasteiger partial charge in [-0.2, -0.15) is 11.8 Å². The fraction of sp³-hybridized carbons (Fsp3) is 0.357. The van der Waals surface area contributed by atoms with Crippen LogP contribution in [-0.2, 0) is 11.3 Å². The van der Waals surface area contributed by atoms with Gasteiger partial charge in [-0.3, -0.25) is 4.79 Å². The van der Waals surface area contributed by atoms with Gasteiger partial charge < -0.3 is 10.4 Å². The molecule has 1 amide bonds. The Hall–Kier alpha value is -1.44. The first-order chi connectivity index (χ1) is 8.77. The van der Waals surface area contributed by atoms with Crippen LogP contribution in [0.5, 0.6) is 0 Å². The number of carbonyl (C=O) groups excluding carboxylic acids is 1. The van der Waals surface area contributed by atoms with Crippen LogP contribution in [0.15, 0.2) is 24.3 Å². The quantitative estimate of drug-likeness (QED) is 0.790. The number of nitrogens with one attached hydrogen (secondary N) is 1.